The number of halogens is 1. The van der Waals surface area contributed by atoms with Gasteiger partial charge >= 0.3 is 0 Å². The quantitative estimate of drug-likeness (QED) is 0.911. The normalized spacial score (nSPS) is 23.5. The SMILES string of the molecule is Cc1ccc(F)cc1C1C(N)CC(=O)N1CC(C)C. The van der Waals surface area contributed by atoms with E-state index in [0.29, 0.717) is 18.9 Å². The Morgan fingerprint density at radius 2 is 2.16 bits per heavy atom. The van der Waals surface area contributed by atoms with Gasteiger partial charge in [-0.1, -0.05) is 19.9 Å². The smallest absolute Gasteiger partial charge is 0.224 e. The highest BCUT2D eigenvalue weighted by Gasteiger charge is 2.39. The van der Waals surface area contributed by atoms with Crippen molar-refractivity contribution in [3.05, 3.63) is 35.1 Å². The first-order valence-corrected chi connectivity index (χ1v) is 6.71. The monoisotopic (exact) mass is 264 g/mol. The first-order valence-electron chi connectivity index (χ1n) is 6.71. The number of likely N-dealkylation sites (tertiary alicyclic amines) is 1. The molecule has 4 heteroatoms. The van der Waals surface area contributed by atoms with Crippen LogP contribution in [0, 0.1) is 18.7 Å². The minimum absolute atomic E-state index is 0.0647. The summed E-state index contributed by atoms with van der Waals surface area (Å²) in [5.74, 6) is 0.150. The molecule has 104 valence electrons. The van der Waals surface area contributed by atoms with E-state index in [1.165, 1.54) is 12.1 Å². The molecular weight excluding hydrogens is 243 g/mol. The van der Waals surface area contributed by atoms with Gasteiger partial charge in [0.05, 0.1) is 6.04 Å². The molecule has 0 aliphatic carbocycles. The molecule has 1 saturated heterocycles. The predicted molar refractivity (Wildman–Crippen MR) is 73.0 cm³/mol. The van der Waals surface area contributed by atoms with Gasteiger partial charge in [0.1, 0.15) is 5.82 Å². The number of nitrogens with zero attached hydrogens (tertiary/aromatic N) is 1. The lowest BCUT2D eigenvalue weighted by Gasteiger charge is -2.29. The molecule has 1 aliphatic heterocycles. The van der Waals surface area contributed by atoms with Gasteiger partial charge in [-0.05, 0) is 36.1 Å². The number of carbonyl (C=O) groups excluding carboxylic acids is 1. The molecule has 0 saturated carbocycles. The highest BCUT2D eigenvalue weighted by molar-refractivity contribution is 5.80. The van der Waals surface area contributed by atoms with E-state index in [9.17, 15) is 9.18 Å². The van der Waals surface area contributed by atoms with Gasteiger partial charge in [0.2, 0.25) is 5.91 Å². The molecule has 3 nitrogen and oxygen atoms in total. The van der Waals surface area contributed by atoms with Crippen molar-refractivity contribution >= 4 is 5.91 Å². The second kappa shape index (κ2) is 5.29. The van der Waals surface area contributed by atoms with Gasteiger partial charge in [0, 0.05) is 19.0 Å². The number of aryl methyl sites for hydroxylation is 1. The van der Waals surface area contributed by atoms with Gasteiger partial charge in [-0.3, -0.25) is 4.79 Å². The molecule has 1 aromatic rings. The summed E-state index contributed by atoms with van der Waals surface area (Å²) >= 11 is 0. The highest BCUT2D eigenvalue weighted by Crippen LogP contribution is 2.34. The molecule has 1 aromatic carbocycles. The molecule has 2 rings (SSSR count). The van der Waals surface area contributed by atoms with Crippen LogP contribution in [0.3, 0.4) is 0 Å². The Kier molecular flexibility index (Phi) is 3.90. The number of rotatable bonds is 3. The van der Waals surface area contributed by atoms with Crippen molar-refractivity contribution in [3.63, 3.8) is 0 Å². The van der Waals surface area contributed by atoms with Crippen LogP contribution in [0.15, 0.2) is 18.2 Å². The fraction of sp³-hybridized carbons (Fsp3) is 0.533. The second-order valence-electron chi connectivity index (χ2n) is 5.75. The van der Waals surface area contributed by atoms with Gasteiger partial charge in [-0.2, -0.15) is 0 Å². The standard InChI is InChI=1S/C15H21FN2O/c1-9(2)8-18-14(19)7-13(17)15(18)12-6-11(16)5-4-10(12)3/h4-6,9,13,15H,7-8,17H2,1-3H3. The van der Waals surface area contributed by atoms with E-state index in [0.717, 1.165) is 11.1 Å². The van der Waals surface area contributed by atoms with E-state index in [1.54, 1.807) is 11.0 Å². The molecule has 2 N–H and O–H groups in total. The van der Waals surface area contributed by atoms with Crippen molar-refractivity contribution in [1.82, 2.24) is 4.90 Å². The summed E-state index contributed by atoms with van der Waals surface area (Å²) in [7, 11) is 0. The molecule has 2 unspecified atom stereocenters. The van der Waals surface area contributed by atoms with E-state index in [1.807, 2.05) is 6.92 Å². The summed E-state index contributed by atoms with van der Waals surface area (Å²) < 4.78 is 13.5. The van der Waals surface area contributed by atoms with Crippen LogP contribution in [0.25, 0.3) is 0 Å². The number of nitrogens with two attached hydrogens (primary N) is 1. The highest BCUT2D eigenvalue weighted by atomic mass is 19.1. The first-order chi connectivity index (χ1) is 8.90. The summed E-state index contributed by atoms with van der Waals surface area (Å²) in [5, 5.41) is 0. The minimum atomic E-state index is -0.281. The maximum atomic E-state index is 13.5. The molecule has 1 amide bonds. The van der Waals surface area contributed by atoms with Crippen LogP contribution in [0.1, 0.15) is 37.4 Å². The summed E-state index contributed by atoms with van der Waals surface area (Å²) in [4.78, 5) is 13.9. The number of carbonyl (C=O) groups is 1. The third-order valence-electron chi connectivity index (χ3n) is 3.59. The van der Waals surface area contributed by atoms with Gasteiger partial charge in [-0.15, -0.1) is 0 Å². The summed E-state index contributed by atoms with van der Waals surface area (Å²) in [6, 6.07) is 4.23. The number of amides is 1. The van der Waals surface area contributed by atoms with Crippen molar-refractivity contribution in [3.8, 4) is 0 Å². The van der Waals surface area contributed by atoms with Crippen LogP contribution in [-0.2, 0) is 4.79 Å². The number of benzene rings is 1. The van der Waals surface area contributed by atoms with E-state index >= 15 is 0 Å². The number of hydrogen-bond acceptors (Lipinski definition) is 2. The van der Waals surface area contributed by atoms with Gasteiger partial charge < -0.3 is 10.6 Å². The van der Waals surface area contributed by atoms with E-state index < -0.39 is 0 Å². The van der Waals surface area contributed by atoms with E-state index in [-0.39, 0.29) is 23.8 Å². The Morgan fingerprint density at radius 3 is 2.79 bits per heavy atom. The summed E-state index contributed by atoms with van der Waals surface area (Å²) in [6.45, 7) is 6.71. The Hall–Kier alpha value is -1.42. The van der Waals surface area contributed by atoms with Gasteiger partial charge in [-0.25, -0.2) is 4.39 Å². The van der Waals surface area contributed by atoms with Crippen molar-refractivity contribution in [2.45, 2.75) is 39.3 Å². The minimum Gasteiger partial charge on any atom is -0.334 e. The zero-order valence-electron chi connectivity index (χ0n) is 11.7. The predicted octanol–water partition coefficient (Wildman–Crippen LogP) is 2.39. The Bertz CT molecular complexity index is 487. The third-order valence-corrected chi connectivity index (χ3v) is 3.59. The largest absolute Gasteiger partial charge is 0.334 e. The van der Waals surface area contributed by atoms with Crippen LogP contribution in [-0.4, -0.2) is 23.4 Å². The van der Waals surface area contributed by atoms with Crippen molar-refractivity contribution in [2.75, 3.05) is 6.54 Å². The van der Waals surface area contributed by atoms with Crippen LogP contribution in [0.2, 0.25) is 0 Å². The van der Waals surface area contributed by atoms with Crippen molar-refractivity contribution in [2.24, 2.45) is 11.7 Å². The molecule has 1 aliphatic rings. The third kappa shape index (κ3) is 2.78. The summed E-state index contributed by atoms with van der Waals surface area (Å²) in [6.07, 6.45) is 0.341. The lowest BCUT2D eigenvalue weighted by atomic mass is 9.96. The Morgan fingerprint density at radius 1 is 1.47 bits per heavy atom. The molecular formula is C15H21FN2O. The first kappa shape index (κ1) is 14.0. The lowest BCUT2D eigenvalue weighted by molar-refractivity contribution is -0.129. The maximum absolute atomic E-state index is 13.5. The maximum Gasteiger partial charge on any atom is 0.224 e. The van der Waals surface area contributed by atoms with Crippen molar-refractivity contribution < 1.29 is 9.18 Å². The molecule has 0 aromatic heterocycles. The second-order valence-corrected chi connectivity index (χ2v) is 5.75. The number of hydrogen-bond donors (Lipinski definition) is 1. The molecule has 0 bridgehead atoms. The van der Waals surface area contributed by atoms with Gasteiger partial charge in [0.15, 0.2) is 0 Å². The van der Waals surface area contributed by atoms with Crippen LogP contribution in [0.5, 0.6) is 0 Å². The van der Waals surface area contributed by atoms with Crippen molar-refractivity contribution in [1.29, 1.82) is 0 Å². The zero-order chi connectivity index (χ0) is 14.2. The Labute approximate surface area is 113 Å². The van der Waals surface area contributed by atoms with E-state index in [4.69, 9.17) is 5.73 Å². The average molecular weight is 264 g/mol. The molecule has 0 radical (unpaired) electrons. The van der Waals surface area contributed by atoms with Crippen LogP contribution >= 0.6 is 0 Å². The molecule has 19 heavy (non-hydrogen) atoms. The fourth-order valence-corrected chi connectivity index (χ4v) is 2.75. The van der Waals surface area contributed by atoms with Crippen LogP contribution < -0.4 is 5.73 Å². The lowest BCUT2D eigenvalue weighted by Crippen LogP contribution is -2.35. The molecule has 2 atom stereocenters. The topological polar surface area (TPSA) is 46.3 Å². The summed E-state index contributed by atoms with van der Waals surface area (Å²) in [5.41, 5.74) is 7.91. The van der Waals surface area contributed by atoms with Crippen LogP contribution in [0.4, 0.5) is 4.39 Å². The van der Waals surface area contributed by atoms with E-state index in [2.05, 4.69) is 13.8 Å². The molecule has 0 spiro atoms. The Balaban J connectivity index is 2.39. The molecule has 1 fully saturated rings. The zero-order valence-corrected chi connectivity index (χ0v) is 11.7. The van der Waals surface area contributed by atoms with Gasteiger partial charge in [0.25, 0.3) is 0 Å². The average Bonchev–Trinajstić information content (AvgIpc) is 2.57. The fourth-order valence-electron chi connectivity index (χ4n) is 2.75. The molecule has 1 heterocycles.